The Labute approximate surface area is 75.5 Å². The van der Waals surface area contributed by atoms with Crippen LogP contribution in [-0.2, 0) is 4.79 Å². The number of rotatable bonds is 1. The van der Waals surface area contributed by atoms with Gasteiger partial charge in [0.15, 0.2) is 5.78 Å². The Hall–Kier alpha value is -1.02. The van der Waals surface area contributed by atoms with Gasteiger partial charge in [0.05, 0.1) is 10.7 Å². The minimum Gasteiger partial charge on any atom is -0.293 e. The molecule has 12 heavy (non-hydrogen) atoms. The minimum atomic E-state index is 0.267. The van der Waals surface area contributed by atoms with Crippen molar-refractivity contribution in [3.63, 3.8) is 0 Å². The second-order valence-corrected chi connectivity index (χ2v) is 3.65. The fourth-order valence-corrected chi connectivity index (χ4v) is 1.69. The first-order chi connectivity index (χ1) is 5.86. The summed E-state index contributed by atoms with van der Waals surface area (Å²) in [5.41, 5.74) is 1.10. The molecule has 0 bridgehead atoms. The Morgan fingerprint density at radius 2 is 2.00 bits per heavy atom. The molecule has 2 rings (SSSR count). The molecule has 2 heteroatoms. The summed E-state index contributed by atoms with van der Waals surface area (Å²) in [6.07, 6.45) is 1.94. The van der Waals surface area contributed by atoms with E-state index in [-0.39, 0.29) is 5.78 Å². The molecule has 1 aromatic carbocycles. The predicted octanol–water partition coefficient (Wildman–Crippen LogP) is 2.34. The highest BCUT2D eigenvalue weighted by molar-refractivity contribution is 8.07. The van der Waals surface area contributed by atoms with Gasteiger partial charge in [-0.1, -0.05) is 30.3 Å². The summed E-state index contributed by atoms with van der Waals surface area (Å²) in [5, 5.41) is 0. The normalized spacial score (nSPS) is 19.3. The topological polar surface area (TPSA) is 17.1 Å². The zero-order valence-electron chi connectivity index (χ0n) is 6.49. The molecule has 0 aliphatic carbocycles. The lowest BCUT2D eigenvalue weighted by Crippen LogP contribution is -2.13. The molecule has 1 nitrogen and oxygen atoms in total. The van der Waals surface area contributed by atoms with E-state index in [1.165, 1.54) is 0 Å². The van der Waals surface area contributed by atoms with E-state index < -0.39 is 0 Å². The number of ketones is 1. The molecule has 1 fully saturated rings. The van der Waals surface area contributed by atoms with Crippen LogP contribution in [0.3, 0.4) is 0 Å². The van der Waals surface area contributed by atoms with Crippen LogP contribution >= 0.6 is 11.8 Å². The molecule has 0 N–H and O–H groups in total. The fourth-order valence-electron chi connectivity index (χ4n) is 1.04. The van der Waals surface area contributed by atoms with Gasteiger partial charge in [-0.25, -0.2) is 0 Å². The van der Waals surface area contributed by atoms with E-state index in [0.717, 1.165) is 10.5 Å². The van der Waals surface area contributed by atoms with E-state index in [0.29, 0.717) is 5.75 Å². The summed E-state index contributed by atoms with van der Waals surface area (Å²) >= 11 is 1.62. The third-order valence-electron chi connectivity index (χ3n) is 1.73. The summed E-state index contributed by atoms with van der Waals surface area (Å²) in [6, 6.07) is 9.91. The number of hydrogen-bond acceptors (Lipinski definition) is 2. The Kier molecular flexibility index (Phi) is 2.00. The lowest BCUT2D eigenvalue weighted by atomic mass is 10.2. The number of carbonyl (C=O) groups excluding carboxylic acids is 1. The standard InChI is InChI=1S/C10H8OS/c11-9-7-12-10(9)6-8-4-2-1-3-5-8/h1-6H,7H2/b10-6-. The van der Waals surface area contributed by atoms with Crippen LogP contribution in [-0.4, -0.2) is 11.5 Å². The molecule has 1 aliphatic rings. The first-order valence-corrected chi connectivity index (χ1v) is 4.77. The Morgan fingerprint density at radius 1 is 1.25 bits per heavy atom. The molecule has 0 amide bonds. The molecule has 60 valence electrons. The van der Waals surface area contributed by atoms with E-state index in [1.54, 1.807) is 11.8 Å². The van der Waals surface area contributed by atoms with Gasteiger partial charge in [0.1, 0.15) is 0 Å². The third-order valence-corrected chi connectivity index (χ3v) is 2.79. The van der Waals surface area contributed by atoms with Gasteiger partial charge in [-0.05, 0) is 11.6 Å². The second kappa shape index (κ2) is 3.15. The lowest BCUT2D eigenvalue weighted by molar-refractivity contribution is -0.113. The van der Waals surface area contributed by atoms with Crippen molar-refractivity contribution in [1.82, 2.24) is 0 Å². The number of thioether (sulfide) groups is 1. The zero-order chi connectivity index (χ0) is 8.39. The largest absolute Gasteiger partial charge is 0.293 e. The molecule has 1 aromatic rings. The summed E-state index contributed by atoms with van der Waals surface area (Å²) < 4.78 is 0. The van der Waals surface area contributed by atoms with Crippen LogP contribution in [0.5, 0.6) is 0 Å². The molecule has 0 saturated carbocycles. The maximum absolute atomic E-state index is 10.9. The Bertz CT molecular complexity index is 327. The molecule has 0 aromatic heterocycles. The molecular weight excluding hydrogens is 168 g/mol. The fraction of sp³-hybridized carbons (Fsp3) is 0.100. The van der Waals surface area contributed by atoms with Crippen LogP contribution in [0.4, 0.5) is 0 Å². The first kappa shape index (κ1) is 7.62. The van der Waals surface area contributed by atoms with Crippen molar-refractivity contribution in [2.75, 3.05) is 5.75 Å². The highest BCUT2D eigenvalue weighted by atomic mass is 32.2. The molecule has 0 radical (unpaired) electrons. The zero-order valence-corrected chi connectivity index (χ0v) is 7.30. The van der Waals surface area contributed by atoms with Crippen LogP contribution in [0.1, 0.15) is 5.56 Å². The molecule has 0 atom stereocenters. The van der Waals surface area contributed by atoms with Gasteiger partial charge in [-0.15, -0.1) is 11.8 Å². The maximum Gasteiger partial charge on any atom is 0.179 e. The van der Waals surface area contributed by atoms with Gasteiger partial charge in [0.25, 0.3) is 0 Å². The Morgan fingerprint density at radius 3 is 2.50 bits per heavy atom. The van der Waals surface area contributed by atoms with Gasteiger partial charge in [-0.2, -0.15) is 0 Å². The Balaban J connectivity index is 2.23. The second-order valence-electron chi connectivity index (χ2n) is 2.63. The molecular formula is C10H8OS. The van der Waals surface area contributed by atoms with Gasteiger partial charge in [0.2, 0.25) is 0 Å². The van der Waals surface area contributed by atoms with Crippen molar-refractivity contribution in [3.05, 3.63) is 40.8 Å². The van der Waals surface area contributed by atoms with Crippen LogP contribution in [0, 0.1) is 0 Å². The highest BCUT2D eigenvalue weighted by Gasteiger charge is 2.20. The molecule has 0 unspecified atom stereocenters. The molecule has 0 spiro atoms. The van der Waals surface area contributed by atoms with Crippen molar-refractivity contribution in [2.24, 2.45) is 0 Å². The number of Topliss-reactive ketones (excluding diaryl/α,β-unsaturated/α-hetero) is 1. The quantitative estimate of drug-likeness (QED) is 0.611. The first-order valence-electron chi connectivity index (χ1n) is 3.79. The van der Waals surface area contributed by atoms with E-state index in [1.807, 2.05) is 36.4 Å². The lowest BCUT2D eigenvalue weighted by Gasteiger charge is -2.13. The number of hydrogen-bond donors (Lipinski definition) is 0. The predicted molar refractivity (Wildman–Crippen MR) is 51.9 cm³/mol. The van der Waals surface area contributed by atoms with Crippen LogP contribution < -0.4 is 0 Å². The van der Waals surface area contributed by atoms with Crippen molar-refractivity contribution >= 4 is 23.6 Å². The minimum absolute atomic E-state index is 0.267. The van der Waals surface area contributed by atoms with E-state index in [9.17, 15) is 4.79 Å². The summed E-state index contributed by atoms with van der Waals surface area (Å²) in [7, 11) is 0. The van der Waals surface area contributed by atoms with Crippen molar-refractivity contribution in [1.29, 1.82) is 0 Å². The van der Waals surface area contributed by atoms with Crippen molar-refractivity contribution in [3.8, 4) is 0 Å². The number of allylic oxidation sites excluding steroid dienone is 1. The van der Waals surface area contributed by atoms with Gasteiger partial charge >= 0.3 is 0 Å². The van der Waals surface area contributed by atoms with Gasteiger partial charge in [-0.3, -0.25) is 4.79 Å². The van der Waals surface area contributed by atoms with Gasteiger partial charge < -0.3 is 0 Å². The average Bonchev–Trinajstić information content (AvgIpc) is 2.14. The molecule has 1 saturated heterocycles. The van der Waals surface area contributed by atoms with Crippen molar-refractivity contribution in [2.45, 2.75) is 0 Å². The van der Waals surface area contributed by atoms with Gasteiger partial charge in [0, 0.05) is 0 Å². The average molecular weight is 176 g/mol. The highest BCUT2D eigenvalue weighted by Crippen LogP contribution is 2.30. The third kappa shape index (κ3) is 1.43. The smallest absolute Gasteiger partial charge is 0.179 e. The van der Waals surface area contributed by atoms with E-state index in [4.69, 9.17) is 0 Å². The monoisotopic (exact) mass is 176 g/mol. The van der Waals surface area contributed by atoms with Crippen LogP contribution in [0.15, 0.2) is 35.2 Å². The number of carbonyl (C=O) groups is 1. The van der Waals surface area contributed by atoms with E-state index >= 15 is 0 Å². The molecule has 1 heterocycles. The number of benzene rings is 1. The summed E-state index contributed by atoms with van der Waals surface area (Å²) in [4.78, 5) is 11.8. The van der Waals surface area contributed by atoms with Crippen LogP contribution in [0.25, 0.3) is 6.08 Å². The maximum atomic E-state index is 10.9. The molecule has 1 aliphatic heterocycles. The summed E-state index contributed by atoms with van der Waals surface area (Å²) in [5.74, 6) is 0.919. The SMILES string of the molecule is O=C1CS/C1=C\c1ccccc1. The summed E-state index contributed by atoms with van der Waals surface area (Å²) in [6.45, 7) is 0. The van der Waals surface area contributed by atoms with E-state index in [2.05, 4.69) is 0 Å². The van der Waals surface area contributed by atoms with Crippen molar-refractivity contribution < 1.29 is 4.79 Å². The van der Waals surface area contributed by atoms with Crippen LogP contribution in [0.2, 0.25) is 0 Å².